The number of aromatic nitrogens is 2. The van der Waals surface area contributed by atoms with Crippen molar-refractivity contribution in [3.8, 4) is 0 Å². The summed E-state index contributed by atoms with van der Waals surface area (Å²) >= 11 is 1.42. The molecule has 2 aromatic heterocycles. The summed E-state index contributed by atoms with van der Waals surface area (Å²) in [5.74, 6) is 1.01. The highest BCUT2D eigenvalue weighted by molar-refractivity contribution is 7.98. The van der Waals surface area contributed by atoms with E-state index in [1.165, 1.54) is 11.8 Å². The molecule has 0 aliphatic rings. The minimum absolute atomic E-state index is 0.0214. The Balaban J connectivity index is 1.68. The highest BCUT2D eigenvalue weighted by Gasteiger charge is 2.15. The Morgan fingerprint density at radius 2 is 1.87 bits per heavy atom. The van der Waals surface area contributed by atoms with Gasteiger partial charge < -0.3 is 14.7 Å². The minimum atomic E-state index is -0.259. The van der Waals surface area contributed by atoms with Gasteiger partial charge in [0.1, 0.15) is 10.8 Å². The summed E-state index contributed by atoms with van der Waals surface area (Å²) in [7, 11) is 0. The molecule has 2 heterocycles. The van der Waals surface area contributed by atoms with E-state index in [0.717, 1.165) is 11.5 Å². The second-order valence-corrected chi connectivity index (χ2v) is 7.55. The van der Waals surface area contributed by atoms with Crippen molar-refractivity contribution in [2.45, 2.75) is 31.6 Å². The number of amides is 2. The van der Waals surface area contributed by atoms with Crippen LogP contribution in [0.2, 0.25) is 0 Å². The molecule has 3 aromatic rings. The molecule has 1 N–H and O–H groups in total. The Kier molecular flexibility index (Phi) is 7.24. The minimum Gasteiger partial charge on any atom is -0.361 e. The molecule has 0 saturated heterocycles. The number of hydrogen-bond acceptors (Lipinski definition) is 6. The van der Waals surface area contributed by atoms with Crippen molar-refractivity contribution in [1.29, 1.82) is 0 Å². The number of benzene rings is 1. The zero-order valence-electron chi connectivity index (χ0n) is 17.2. The van der Waals surface area contributed by atoms with Crippen LogP contribution in [0.1, 0.15) is 46.0 Å². The topological polar surface area (TPSA) is 88.3 Å². The van der Waals surface area contributed by atoms with Crippen LogP contribution in [0.3, 0.4) is 0 Å². The Bertz CT molecular complexity index is 1010. The maximum absolute atomic E-state index is 12.8. The van der Waals surface area contributed by atoms with E-state index in [-0.39, 0.29) is 11.8 Å². The quantitative estimate of drug-likeness (QED) is 0.539. The lowest BCUT2D eigenvalue weighted by Crippen LogP contribution is -2.30. The van der Waals surface area contributed by atoms with Crippen LogP contribution < -0.4 is 5.32 Å². The van der Waals surface area contributed by atoms with Crippen molar-refractivity contribution < 1.29 is 14.1 Å². The van der Waals surface area contributed by atoms with Crippen molar-refractivity contribution >= 4 is 29.3 Å². The van der Waals surface area contributed by atoms with Gasteiger partial charge in [-0.05, 0) is 57.2 Å². The van der Waals surface area contributed by atoms with Crippen LogP contribution in [0.25, 0.3) is 0 Å². The number of aryl methyl sites for hydroxylation is 1. The van der Waals surface area contributed by atoms with Crippen LogP contribution in [0.5, 0.6) is 0 Å². The van der Waals surface area contributed by atoms with E-state index in [1.54, 1.807) is 47.5 Å². The smallest absolute Gasteiger partial charge is 0.258 e. The summed E-state index contributed by atoms with van der Waals surface area (Å²) in [4.78, 5) is 31.3. The molecule has 0 bridgehead atoms. The maximum Gasteiger partial charge on any atom is 0.258 e. The Morgan fingerprint density at radius 3 is 2.50 bits per heavy atom. The van der Waals surface area contributed by atoms with Crippen LogP contribution in [0, 0.1) is 6.92 Å². The largest absolute Gasteiger partial charge is 0.361 e. The van der Waals surface area contributed by atoms with Crippen LogP contribution in [-0.4, -0.2) is 39.9 Å². The summed E-state index contributed by atoms with van der Waals surface area (Å²) in [6.07, 6.45) is 1.65. The molecule has 0 spiro atoms. The first kappa shape index (κ1) is 21.6. The molecule has 0 aliphatic heterocycles. The highest BCUT2D eigenvalue weighted by atomic mass is 32.2. The van der Waals surface area contributed by atoms with E-state index < -0.39 is 0 Å². The standard InChI is InChI=1S/C22H24N4O3S/c1-4-26(5-2)22(28)16-8-10-17(11-9-16)24-20(27)19-7-6-12-23-21(19)30-14-18-13-15(3)29-25-18/h6-13H,4-5,14H2,1-3H3,(H,24,27). The first-order valence-corrected chi connectivity index (χ1v) is 10.7. The fraction of sp³-hybridized carbons (Fsp3) is 0.273. The Hall–Kier alpha value is -3.13. The normalized spacial score (nSPS) is 10.6. The molecule has 0 unspecified atom stereocenters. The van der Waals surface area contributed by atoms with E-state index in [9.17, 15) is 9.59 Å². The number of nitrogens with one attached hydrogen (secondary N) is 1. The number of carbonyl (C=O) groups excluding carboxylic acids is 2. The Labute approximate surface area is 179 Å². The van der Waals surface area contributed by atoms with Gasteiger partial charge >= 0.3 is 0 Å². The van der Waals surface area contributed by atoms with E-state index in [4.69, 9.17) is 4.52 Å². The second kappa shape index (κ2) is 10.1. The van der Waals surface area contributed by atoms with Crippen LogP contribution in [-0.2, 0) is 5.75 Å². The van der Waals surface area contributed by atoms with Gasteiger partial charge in [-0.3, -0.25) is 9.59 Å². The van der Waals surface area contributed by atoms with Gasteiger partial charge in [-0.1, -0.05) is 16.9 Å². The molecular formula is C22H24N4O3S. The molecule has 0 saturated carbocycles. The fourth-order valence-electron chi connectivity index (χ4n) is 2.89. The van der Waals surface area contributed by atoms with Gasteiger partial charge in [0, 0.05) is 42.4 Å². The lowest BCUT2D eigenvalue weighted by molar-refractivity contribution is 0.0773. The molecule has 8 heteroatoms. The lowest BCUT2D eigenvalue weighted by atomic mass is 10.1. The average Bonchev–Trinajstić information content (AvgIpc) is 3.19. The molecule has 3 rings (SSSR count). The highest BCUT2D eigenvalue weighted by Crippen LogP contribution is 2.25. The van der Waals surface area contributed by atoms with E-state index in [2.05, 4.69) is 15.5 Å². The third-order valence-electron chi connectivity index (χ3n) is 4.49. The van der Waals surface area contributed by atoms with Crippen molar-refractivity contribution in [1.82, 2.24) is 15.0 Å². The van der Waals surface area contributed by atoms with Gasteiger partial charge in [0.15, 0.2) is 0 Å². The molecule has 0 atom stereocenters. The number of hydrogen-bond donors (Lipinski definition) is 1. The van der Waals surface area contributed by atoms with Crippen molar-refractivity contribution in [2.75, 3.05) is 18.4 Å². The predicted octanol–water partition coefficient (Wildman–Crippen LogP) is 4.40. The van der Waals surface area contributed by atoms with Crippen molar-refractivity contribution in [2.24, 2.45) is 0 Å². The fourth-order valence-corrected chi connectivity index (χ4v) is 3.77. The molecule has 1 aromatic carbocycles. The monoisotopic (exact) mass is 424 g/mol. The molecule has 156 valence electrons. The zero-order chi connectivity index (χ0) is 21.5. The van der Waals surface area contributed by atoms with Crippen LogP contribution in [0.4, 0.5) is 5.69 Å². The number of thioether (sulfide) groups is 1. The lowest BCUT2D eigenvalue weighted by Gasteiger charge is -2.18. The van der Waals surface area contributed by atoms with E-state index in [0.29, 0.717) is 40.7 Å². The molecule has 7 nitrogen and oxygen atoms in total. The summed E-state index contributed by atoms with van der Waals surface area (Å²) in [5, 5.41) is 7.45. The maximum atomic E-state index is 12.8. The number of pyridine rings is 1. The van der Waals surface area contributed by atoms with Crippen molar-refractivity contribution in [3.63, 3.8) is 0 Å². The third-order valence-corrected chi connectivity index (χ3v) is 5.53. The molecule has 30 heavy (non-hydrogen) atoms. The second-order valence-electron chi connectivity index (χ2n) is 6.58. The van der Waals surface area contributed by atoms with Gasteiger partial charge in [-0.15, -0.1) is 0 Å². The van der Waals surface area contributed by atoms with Gasteiger partial charge in [-0.2, -0.15) is 0 Å². The number of carbonyl (C=O) groups is 2. The summed E-state index contributed by atoms with van der Waals surface area (Å²) in [6, 6.07) is 12.2. The van der Waals surface area contributed by atoms with Crippen LogP contribution in [0.15, 0.2) is 58.2 Å². The van der Waals surface area contributed by atoms with Gasteiger partial charge in [0.25, 0.3) is 11.8 Å². The summed E-state index contributed by atoms with van der Waals surface area (Å²) in [6.45, 7) is 7.04. The molecule has 0 fully saturated rings. The average molecular weight is 425 g/mol. The number of rotatable bonds is 8. The first-order chi connectivity index (χ1) is 14.5. The number of nitrogens with zero attached hydrogens (tertiary/aromatic N) is 3. The molecule has 2 amide bonds. The van der Waals surface area contributed by atoms with Gasteiger partial charge in [-0.25, -0.2) is 4.98 Å². The predicted molar refractivity (Wildman–Crippen MR) is 117 cm³/mol. The first-order valence-electron chi connectivity index (χ1n) is 9.72. The molecular weight excluding hydrogens is 400 g/mol. The van der Waals surface area contributed by atoms with Gasteiger partial charge in [0.05, 0.1) is 11.3 Å². The van der Waals surface area contributed by atoms with E-state index in [1.807, 2.05) is 26.8 Å². The van der Waals surface area contributed by atoms with E-state index >= 15 is 0 Å². The van der Waals surface area contributed by atoms with Gasteiger partial charge in [0.2, 0.25) is 0 Å². The summed E-state index contributed by atoms with van der Waals surface area (Å²) < 4.78 is 5.08. The third kappa shape index (κ3) is 5.27. The number of anilines is 1. The summed E-state index contributed by atoms with van der Waals surface area (Å²) in [5.41, 5.74) is 2.48. The van der Waals surface area contributed by atoms with Crippen LogP contribution >= 0.6 is 11.8 Å². The molecule has 0 aliphatic carbocycles. The molecule has 0 radical (unpaired) electrons. The SMILES string of the molecule is CCN(CC)C(=O)c1ccc(NC(=O)c2cccnc2SCc2cc(C)on2)cc1. The zero-order valence-corrected chi connectivity index (χ0v) is 18.0. The Morgan fingerprint density at radius 1 is 1.13 bits per heavy atom. The van der Waals surface area contributed by atoms with Crippen molar-refractivity contribution in [3.05, 3.63) is 71.2 Å².